The fraction of sp³-hybridized carbons (Fsp3) is 0.0500. The van der Waals surface area contributed by atoms with Gasteiger partial charge >= 0.3 is 0 Å². The molecule has 3 aromatic rings. The van der Waals surface area contributed by atoms with Gasteiger partial charge in [-0.15, -0.1) is 0 Å². The average Bonchev–Trinajstić information content (AvgIpc) is 2.67. The van der Waals surface area contributed by atoms with E-state index in [1.165, 1.54) is 12.1 Å². The number of non-ortho nitro benzene ring substituents is 1. The third kappa shape index (κ3) is 4.43. The minimum Gasteiger partial charge on any atom is -0.352 e. The molecule has 0 atom stereocenters. The highest BCUT2D eigenvalue weighted by Gasteiger charge is 2.15. The molecule has 0 unspecified atom stereocenters. The number of hydrogen-bond acceptors (Lipinski definition) is 3. The maximum absolute atomic E-state index is 10.9. The van der Waals surface area contributed by atoms with Crippen molar-refractivity contribution in [3.8, 4) is 0 Å². The van der Waals surface area contributed by atoms with E-state index in [0.717, 1.165) is 11.1 Å². The standard InChI is InChI=1S/C20H17N3O2S/c24-23(25)18-13-7-12-17(14-18)21-20(26)22-19(15-8-3-1-4-9-15)16-10-5-2-6-11-16/h1-14,19H,(H2,21,22,26). The Labute approximate surface area is 156 Å². The van der Waals surface area contributed by atoms with Crippen molar-refractivity contribution in [3.63, 3.8) is 0 Å². The predicted octanol–water partition coefficient (Wildman–Crippen LogP) is 4.67. The van der Waals surface area contributed by atoms with Crippen LogP contribution in [0.4, 0.5) is 11.4 Å². The second-order valence-electron chi connectivity index (χ2n) is 5.66. The van der Waals surface area contributed by atoms with Gasteiger partial charge in [0.05, 0.1) is 11.0 Å². The molecule has 5 nitrogen and oxygen atoms in total. The Morgan fingerprint density at radius 1 is 0.885 bits per heavy atom. The Balaban J connectivity index is 1.80. The number of nitro benzene ring substituents is 1. The van der Waals surface area contributed by atoms with Crippen molar-refractivity contribution >= 4 is 28.7 Å². The summed E-state index contributed by atoms with van der Waals surface area (Å²) in [7, 11) is 0. The van der Waals surface area contributed by atoms with Crippen LogP contribution in [0.5, 0.6) is 0 Å². The molecule has 0 saturated carbocycles. The van der Waals surface area contributed by atoms with E-state index in [4.69, 9.17) is 12.2 Å². The highest BCUT2D eigenvalue weighted by Crippen LogP contribution is 2.22. The first kappa shape index (κ1) is 17.6. The van der Waals surface area contributed by atoms with Crippen LogP contribution >= 0.6 is 12.2 Å². The summed E-state index contributed by atoms with van der Waals surface area (Å²) in [5.74, 6) is 0. The van der Waals surface area contributed by atoms with Crippen molar-refractivity contribution in [2.75, 3.05) is 5.32 Å². The summed E-state index contributed by atoms with van der Waals surface area (Å²) in [4.78, 5) is 10.5. The van der Waals surface area contributed by atoms with Gasteiger partial charge in [0.25, 0.3) is 5.69 Å². The highest BCUT2D eigenvalue weighted by atomic mass is 32.1. The SMILES string of the molecule is O=[N+]([O-])c1cccc(NC(=S)NC(c2ccccc2)c2ccccc2)c1. The molecule has 0 heterocycles. The number of nitro groups is 1. The van der Waals surface area contributed by atoms with Gasteiger partial charge in [0.15, 0.2) is 5.11 Å². The monoisotopic (exact) mass is 363 g/mol. The van der Waals surface area contributed by atoms with E-state index < -0.39 is 4.92 Å². The molecule has 0 fully saturated rings. The Morgan fingerprint density at radius 3 is 2.00 bits per heavy atom. The Bertz CT molecular complexity index is 862. The normalized spacial score (nSPS) is 10.3. The van der Waals surface area contributed by atoms with Gasteiger partial charge in [0, 0.05) is 17.8 Å². The van der Waals surface area contributed by atoms with E-state index in [1.54, 1.807) is 12.1 Å². The molecule has 6 heteroatoms. The van der Waals surface area contributed by atoms with E-state index in [-0.39, 0.29) is 11.7 Å². The Morgan fingerprint density at radius 2 is 1.46 bits per heavy atom. The van der Waals surface area contributed by atoms with Crippen molar-refractivity contribution in [1.82, 2.24) is 5.32 Å². The number of benzene rings is 3. The molecule has 130 valence electrons. The molecular formula is C20H17N3O2S. The minimum atomic E-state index is -0.432. The van der Waals surface area contributed by atoms with Gasteiger partial charge in [-0.1, -0.05) is 66.7 Å². The Hall–Kier alpha value is -3.25. The molecule has 0 radical (unpaired) electrons. The van der Waals surface area contributed by atoms with Crippen LogP contribution in [0.1, 0.15) is 17.2 Å². The fourth-order valence-corrected chi connectivity index (χ4v) is 2.88. The number of nitrogens with one attached hydrogen (secondary N) is 2. The topological polar surface area (TPSA) is 67.2 Å². The van der Waals surface area contributed by atoms with Crippen LogP contribution in [-0.4, -0.2) is 10.0 Å². The van der Waals surface area contributed by atoms with Gasteiger partial charge in [-0.3, -0.25) is 10.1 Å². The molecule has 0 aliphatic rings. The van der Waals surface area contributed by atoms with Crippen LogP contribution in [0.2, 0.25) is 0 Å². The number of nitrogens with zero attached hydrogens (tertiary/aromatic N) is 1. The van der Waals surface area contributed by atoms with Crippen molar-refractivity contribution in [2.24, 2.45) is 0 Å². The summed E-state index contributed by atoms with van der Waals surface area (Å²) in [5, 5.41) is 17.6. The largest absolute Gasteiger partial charge is 0.352 e. The van der Waals surface area contributed by atoms with Crippen molar-refractivity contribution in [3.05, 3.63) is 106 Å². The highest BCUT2D eigenvalue weighted by molar-refractivity contribution is 7.80. The molecule has 3 rings (SSSR count). The molecular weight excluding hydrogens is 346 g/mol. The van der Waals surface area contributed by atoms with Gasteiger partial charge in [-0.05, 0) is 29.4 Å². The molecule has 0 spiro atoms. The first-order valence-electron chi connectivity index (χ1n) is 8.05. The average molecular weight is 363 g/mol. The summed E-state index contributed by atoms with van der Waals surface area (Å²) in [6.45, 7) is 0. The zero-order valence-corrected chi connectivity index (χ0v) is 14.6. The lowest BCUT2D eigenvalue weighted by molar-refractivity contribution is -0.384. The molecule has 26 heavy (non-hydrogen) atoms. The second-order valence-corrected chi connectivity index (χ2v) is 6.07. The van der Waals surface area contributed by atoms with E-state index in [1.807, 2.05) is 60.7 Å². The lowest BCUT2D eigenvalue weighted by Gasteiger charge is -2.22. The summed E-state index contributed by atoms with van der Waals surface area (Å²) in [5.41, 5.74) is 2.72. The zero-order chi connectivity index (χ0) is 18.4. The van der Waals surface area contributed by atoms with Crippen LogP contribution < -0.4 is 10.6 Å². The van der Waals surface area contributed by atoms with Crippen LogP contribution in [0, 0.1) is 10.1 Å². The number of anilines is 1. The molecule has 0 aliphatic carbocycles. The summed E-state index contributed by atoms with van der Waals surface area (Å²) in [6.07, 6.45) is 0. The third-order valence-electron chi connectivity index (χ3n) is 3.86. The van der Waals surface area contributed by atoms with Crippen LogP contribution in [0.15, 0.2) is 84.9 Å². The lowest BCUT2D eigenvalue weighted by Crippen LogP contribution is -2.33. The van der Waals surface area contributed by atoms with E-state index in [9.17, 15) is 10.1 Å². The van der Waals surface area contributed by atoms with Gasteiger partial charge in [0.1, 0.15) is 0 Å². The molecule has 0 aromatic heterocycles. The lowest BCUT2D eigenvalue weighted by atomic mass is 9.99. The summed E-state index contributed by atoms with van der Waals surface area (Å²) >= 11 is 5.43. The van der Waals surface area contributed by atoms with Gasteiger partial charge in [0.2, 0.25) is 0 Å². The molecule has 0 bridgehead atoms. The second kappa shape index (κ2) is 8.22. The molecule has 3 aromatic carbocycles. The first-order valence-corrected chi connectivity index (χ1v) is 8.46. The fourth-order valence-electron chi connectivity index (χ4n) is 2.65. The van der Waals surface area contributed by atoms with Gasteiger partial charge < -0.3 is 10.6 Å². The number of hydrogen-bond donors (Lipinski definition) is 2. The van der Waals surface area contributed by atoms with Crippen molar-refractivity contribution < 1.29 is 4.92 Å². The van der Waals surface area contributed by atoms with E-state index in [2.05, 4.69) is 10.6 Å². The van der Waals surface area contributed by atoms with Crippen LogP contribution in [0.25, 0.3) is 0 Å². The maximum atomic E-state index is 10.9. The number of rotatable bonds is 5. The van der Waals surface area contributed by atoms with Crippen molar-refractivity contribution in [2.45, 2.75) is 6.04 Å². The summed E-state index contributed by atoms with van der Waals surface area (Å²) < 4.78 is 0. The van der Waals surface area contributed by atoms with E-state index in [0.29, 0.717) is 10.8 Å². The Kier molecular flexibility index (Phi) is 5.56. The first-order chi connectivity index (χ1) is 12.6. The predicted molar refractivity (Wildman–Crippen MR) is 107 cm³/mol. The van der Waals surface area contributed by atoms with Crippen LogP contribution in [0.3, 0.4) is 0 Å². The maximum Gasteiger partial charge on any atom is 0.271 e. The van der Waals surface area contributed by atoms with Crippen molar-refractivity contribution in [1.29, 1.82) is 0 Å². The quantitative estimate of drug-likeness (QED) is 0.392. The van der Waals surface area contributed by atoms with Gasteiger partial charge in [-0.25, -0.2) is 0 Å². The molecule has 2 N–H and O–H groups in total. The van der Waals surface area contributed by atoms with E-state index >= 15 is 0 Å². The third-order valence-corrected chi connectivity index (χ3v) is 4.08. The summed E-state index contributed by atoms with van der Waals surface area (Å²) in [6, 6.07) is 26.1. The van der Waals surface area contributed by atoms with Crippen LogP contribution in [-0.2, 0) is 0 Å². The minimum absolute atomic E-state index is 0.0143. The number of thiocarbonyl (C=S) groups is 1. The molecule has 0 aliphatic heterocycles. The van der Waals surface area contributed by atoms with Gasteiger partial charge in [-0.2, -0.15) is 0 Å². The smallest absolute Gasteiger partial charge is 0.271 e. The zero-order valence-electron chi connectivity index (χ0n) is 13.8. The molecule has 0 amide bonds. The molecule has 0 saturated heterocycles.